The summed E-state index contributed by atoms with van der Waals surface area (Å²) in [4.78, 5) is 7.11. The van der Waals surface area contributed by atoms with Crippen molar-refractivity contribution in [3.8, 4) is 6.07 Å². The van der Waals surface area contributed by atoms with Crippen molar-refractivity contribution in [3.05, 3.63) is 53.6 Å². The van der Waals surface area contributed by atoms with Crippen molar-refractivity contribution >= 4 is 0 Å². The van der Waals surface area contributed by atoms with Crippen molar-refractivity contribution in [1.82, 2.24) is 9.97 Å². The molecule has 0 bridgehead atoms. The summed E-state index contributed by atoms with van der Waals surface area (Å²) in [5.41, 5.74) is 2.12. The van der Waals surface area contributed by atoms with Crippen LogP contribution in [0.2, 0.25) is 0 Å². The number of aromatic amines is 1. The molecule has 1 unspecified atom stereocenters. The summed E-state index contributed by atoms with van der Waals surface area (Å²) >= 11 is 0. The predicted molar refractivity (Wildman–Crippen MR) is 57.2 cm³/mol. The highest BCUT2D eigenvalue weighted by atomic mass is 14.9. The summed E-state index contributed by atoms with van der Waals surface area (Å²) in [7, 11) is 0. The van der Waals surface area contributed by atoms with Gasteiger partial charge in [0.2, 0.25) is 0 Å². The van der Waals surface area contributed by atoms with E-state index in [9.17, 15) is 0 Å². The van der Waals surface area contributed by atoms with Crippen molar-refractivity contribution in [2.24, 2.45) is 0 Å². The maximum Gasteiger partial charge on any atom is 0.129 e. The summed E-state index contributed by atoms with van der Waals surface area (Å²) in [5.74, 6) is 0.396. The lowest BCUT2D eigenvalue weighted by Crippen LogP contribution is -2.02. The van der Waals surface area contributed by atoms with Crippen LogP contribution >= 0.6 is 0 Å². The number of imidazole rings is 1. The van der Waals surface area contributed by atoms with Gasteiger partial charge in [0.1, 0.15) is 11.7 Å². The summed E-state index contributed by atoms with van der Waals surface area (Å²) < 4.78 is 0. The summed E-state index contributed by atoms with van der Waals surface area (Å²) in [6, 6.07) is 10.1. The highest BCUT2D eigenvalue weighted by molar-refractivity contribution is 5.37. The Balaban J connectivity index is 2.46. The van der Waals surface area contributed by atoms with E-state index in [-0.39, 0.29) is 5.92 Å². The maximum atomic E-state index is 9.17. The SMILES string of the molecule is Cc1ccccc1C(C#N)c1ncc[nH]1. The van der Waals surface area contributed by atoms with E-state index in [2.05, 4.69) is 16.0 Å². The van der Waals surface area contributed by atoms with Gasteiger partial charge in [0.15, 0.2) is 0 Å². The van der Waals surface area contributed by atoms with Gasteiger partial charge in [-0.2, -0.15) is 5.26 Å². The van der Waals surface area contributed by atoms with E-state index in [1.807, 2.05) is 31.2 Å². The molecule has 1 heterocycles. The molecule has 1 aromatic carbocycles. The Kier molecular flexibility index (Phi) is 2.51. The molecule has 0 aliphatic heterocycles. The highest BCUT2D eigenvalue weighted by Crippen LogP contribution is 2.23. The Morgan fingerprint density at radius 1 is 1.40 bits per heavy atom. The van der Waals surface area contributed by atoms with Crippen LogP contribution in [-0.4, -0.2) is 9.97 Å². The van der Waals surface area contributed by atoms with E-state index in [0.29, 0.717) is 5.82 Å². The van der Waals surface area contributed by atoms with E-state index in [1.54, 1.807) is 12.4 Å². The smallest absolute Gasteiger partial charge is 0.129 e. The van der Waals surface area contributed by atoms with E-state index >= 15 is 0 Å². The Labute approximate surface area is 88.4 Å². The monoisotopic (exact) mass is 197 g/mol. The van der Waals surface area contributed by atoms with Crippen LogP contribution in [0.5, 0.6) is 0 Å². The maximum absolute atomic E-state index is 9.17. The molecular formula is C12H11N3. The van der Waals surface area contributed by atoms with Crippen molar-refractivity contribution in [3.63, 3.8) is 0 Å². The molecule has 1 atom stereocenters. The Bertz CT molecular complexity index is 480. The molecule has 0 aliphatic rings. The van der Waals surface area contributed by atoms with Crippen molar-refractivity contribution < 1.29 is 0 Å². The molecule has 15 heavy (non-hydrogen) atoms. The quantitative estimate of drug-likeness (QED) is 0.803. The molecular weight excluding hydrogens is 186 g/mol. The minimum absolute atomic E-state index is 0.304. The third-order valence-corrected chi connectivity index (χ3v) is 2.42. The molecule has 0 spiro atoms. The molecule has 2 aromatic rings. The number of nitrogens with zero attached hydrogens (tertiary/aromatic N) is 2. The third-order valence-electron chi connectivity index (χ3n) is 2.42. The molecule has 3 nitrogen and oxygen atoms in total. The Hall–Kier alpha value is -2.08. The first kappa shape index (κ1) is 9.47. The van der Waals surface area contributed by atoms with E-state index in [0.717, 1.165) is 11.1 Å². The van der Waals surface area contributed by atoms with Gasteiger partial charge in [-0.15, -0.1) is 0 Å². The average molecular weight is 197 g/mol. The number of H-pyrrole nitrogens is 1. The zero-order chi connectivity index (χ0) is 10.7. The van der Waals surface area contributed by atoms with Gasteiger partial charge in [0, 0.05) is 12.4 Å². The van der Waals surface area contributed by atoms with Crippen LogP contribution in [0.1, 0.15) is 22.9 Å². The molecule has 1 aromatic heterocycles. The van der Waals surface area contributed by atoms with Crippen LogP contribution < -0.4 is 0 Å². The second-order valence-electron chi connectivity index (χ2n) is 3.39. The number of nitrogens with one attached hydrogen (secondary N) is 1. The second kappa shape index (κ2) is 3.97. The first-order valence-electron chi connectivity index (χ1n) is 4.77. The van der Waals surface area contributed by atoms with E-state index < -0.39 is 0 Å². The number of hydrogen-bond donors (Lipinski definition) is 1. The molecule has 3 heteroatoms. The number of nitriles is 1. The van der Waals surface area contributed by atoms with Crippen LogP contribution in [0, 0.1) is 18.3 Å². The van der Waals surface area contributed by atoms with Gasteiger partial charge in [-0.25, -0.2) is 4.98 Å². The van der Waals surface area contributed by atoms with E-state index in [4.69, 9.17) is 5.26 Å². The van der Waals surface area contributed by atoms with Crippen molar-refractivity contribution in [2.45, 2.75) is 12.8 Å². The number of aromatic nitrogens is 2. The molecule has 0 amide bonds. The average Bonchev–Trinajstić information content (AvgIpc) is 2.75. The van der Waals surface area contributed by atoms with Crippen molar-refractivity contribution in [2.75, 3.05) is 0 Å². The lowest BCUT2D eigenvalue weighted by Gasteiger charge is -2.09. The van der Waals surface area contributed by atoms with Crippen LogP contribution in [0.25, 0.3) is 0 Å². The minimum atomic E-state index is -0.304. The van der Waals surface area contributed by atoms with Gasteiger partial charge in [0.05, 0.1) is 6.07 Å². The summed E-state index contributed by atoms with van der Waals surface area (Å²) in [5, 5.41) is 9.17. The van der Waals surface area contributed by atoms with Gasteiger partial charge in [-0.05, 0) is 18.1 Å². The minimum Gasteiger partial charge on any atom is -0.347 e. The number of aryl methyl sites for hydroxylation is 1. The van der Waals surface area contributed by atoms with Crippen LogP contribution in [0.15, 0.2) is 36.7 Å². The second-order valence-corrected chi connectivity index (χ2v) is 3.39. The normalized spacial score (nSPS) is 12.0. The zero-order valence-electron chi connectivity index (χ0n) is 8.44. The molecule has 74 valence electrons. The van der Waals surface area contributed by atoms with Gasteiger partial charge in [-0.1, -0.05) is 24.3 Å². The fourth-order valence-corrected chi connectivity index (χ4v) is 1.62. The van der Waals surface area contributed by atoms with Gasteiger partial charge in [-0.3, -0.25) is 0 Å². The standard InChI is InChI=1S/C12H11N3/c1-9-4-2-3-5-10(9)11(8-13)12-14-6-7-15-12/h2-7,11H,1H3,(H,14,15). The molecule has 2 rings (SSSR count). The topological polar surface area (TPSA) is 52.5 Å². The van der Waals surface area contributed by atoms with Gasteiger partial charge in [0.25, 0.3) is 0 Å². The van der Waals surface area contributed by atoms with E-state index in [1.165, 1.54) is 0 Å². The largest absolute Gasteiger partial charge is 0.347 e. The highest BCUT2D eigenvalue weighted by Gasteiger charge is 2.16. The van der Waals surface area contributed by atoms with Gasteiger partial charge < -0.3 is 4.98 Å². The first-order chi connectivity index (χ1) is 7.33. The predicted octanol–water partition coefficient (Wildman–Crippen LogP) is 2.37. The van der Waals surface area contributed by atoms with Crippen molar-refractivity contribution in [1.29, 1.82) is 5.26 Å². The first-order valence-corrected chi connectivity index (χ1v) is 4.77. The molecule has 0 fully saturated rings. The lowest BCUT2D eigenvalue weighted by atomic mass is 9.95. The fourth-order valence-electron chi connectivity index (χ4n) is 1.62. The number of hydrogen-bond acceptors (Lipinski definition) is 2. The van der Waals surface area contributed by atoms with Crippen LogP contribution in [0.4, 0.5) is 0 Å². The molecule has 0 aliphatic carbocycles. The molecule has 1 N–H and O–H groups in total. The summed E-state index contributed by atoms with van der Waals surface area (Å²) in [6.07, 6.45) is 3.40. The van der Waals surface area contributed by atoms with Crippen LogP contribution in [0.3, 0.4) is 0 Å². The van der Waals surface area contributed by atoms with Gasteiger partial charge >= 0.3 is 0 Å². The molecule has 0 saturated heterocycles. The zero-order valence-corrected chi connectivity index (χ0v) is 8.44. The molecule has 0 radical (unpaired) electrons. The molecule has 0 saturated carbocycles. The fraction of sp³-hybridized carbons (Fsp3) is 0.167. The number of benzene rings is 1. The third kappa shape index (κ3) is 1.75. The Morgan fingerprint density at radius 2 is 2.20 bits per heavy atom. The summed E-state index contributed by atoms with van der Waals surface area (Å²) in [6.45, 7) is 2.00. The van der Waals surface area contributed by atoms with Crippen LogP contribution in [-0.2, 0) is 0 Å². The Morgan fingerprint density at radius 3 is 2.80 bits per heavy atom. The lowest BCUT2D eigenvalue weighted by molar-refractivity contribution is 0.917. The number of rotatable bonds is 2.